The van der Waals surface area contributed by atoms with Crippen LogP contribution in [-0.2, 0) is 20.9 Å². The first-order chi connectivity index (χ1) is 18.1. The molecule has 2 N–H and O–H groups in total. The fourth-order valence-electron chi connectivity index (χ4n) is 5.70. The van der Waals surface area contributed by atoms with Gasteiger partial charge in [0.2, 0.25) is 25.0 Å². The zero-order valence-electron chi connectivity index (χ0n) is 22.9. The first-order valence-corrected chi connectivity index (χ1v) is 13.7. The summed E-state index contributed by atoms with van der Waals surface area (Å²) >= 11 is 0. The second-order valence-electron chi connectivity index (χ2n) is 11.9. The number of nitrogens with zero attached hydrogens (tertiary/aromatic N) is 3. The monoisotopic (exact) mass is 530 g/mol. The first-order valence-electron chi connectivity index (χ1n) is 13.7. The molecular formula is C28H42N4O6. The van der Waals surface area contributed by atoms with E-state index in [-0.39, 0.29) is 25.2 Å². The Kier molecular flexibility index (Phi) is 9.15. The molecule has 2 atom stereocenters. The maximum absolute atomic E-state index is 13.7. The van der Waals surface area contributed by atoms with E-state index in [4.69, 9.17) is 9.47 Å². The van der Waals surface area contributed by atoms with Crippen LogP contribution in [0.3, 0.4) is 0 Å². The minimum atomic E-state index is -0.704. The summed E-state index contributed by atoms with van der Waals surface area (Å²) in [5.74, 6) is 0.987. The highest BCUT2D eigenvalue weighted by Gasteiger charge is 2.38. The van der Waals surface area contributed by atoms with Gasteiger partial charge in [0.1, 0.15) is 6.04 Å². The lowest BCUT2D eigenvalue weighted by molar-refractivity contribution is -0.156. The number of hydrogen-bond donors (Lipinski definition) is 2. The summed E-state index contributed by atoms with van der Waals surface area (Å²) in [5, 5.41) is 13.4. The Morgan fingerprint density at radius 2 is 1.82 bits per heavy atom. The molecule has 1 saturated carbocycles. The highest BCUT2D eigenvalue weighted by molar-refractivity contribution is 5.89. The van der Waals surface area contributed by atoms with Crippen LogP contribution in [0, 0.1) is 17.3 Å². The highest BCUT2D eigenvalue weighted by atomic mass is 16.7. The van der Waals surface area contributed by atoms with Crippen molar-refractivity contribution in [2.45, 2.75) is 65.5 Å². The normalized spacial score (nSPS) is 19.7. The maximum atomic E-state index is 13.7. The fraction of sp³-hybridized carbons (Fsp3) is 0.679. The van der Waals surface area contributed by atoms with Crippen LogP contribution in [0.25, 0.3) is 0 Å². The topological polar surface area (TPSA) is 112 Å². The van der Waals surface area contributed by atoms with E-state index in [1.54, 1.807) is 0 Å². The van der Waals surface area contributed by atoms with E-state index in [0.29, 0.717) is 36.9 Å². The van der Waals surface area contributed by atoms with Gasteiger partial charge in [-0.3, -0.25) is 24.5 Å². The van der Waals surface area contributed by atoms with Gasteiger partial charge >= 0.3 is 0 Å². The summed E-state index contributed by atoms with van der Waals surface area (Å²) in [6.07, 6.45) is 5.30. The van der Waals surface area contributed by atoms with Crippen molar-refractivity contribution in [3.8, 4) is 11.5 Å². The van der Waals surface area contributed by atoms with Crippen LogP contribution in [0.5, 0.6) is 11.5 Å². The summed E-state index contributed by atoms with van der Waals surface area (Å²) in [6, 6.07) is 5.27. The Hall–Kier alpha value is -2.85. The molecule has 10 nitrogen and oxygen atoms in total. The van der Waals surface area contributed by atoms with Crippen molar-refractivity contribution in [3.63, 3.8) is 0 Å². The Labute approximate surface area is 225 Å². The largest absolute Gasteiger partial charge is 0.454 e. The van der Waals surface area contributed by atoms with Crippen molar-refractivity contribution < 1.29 is 29.1 Å². The lowest BCUT2D eigenvalue weighted by atomic mass is 9.84. The molecule has 3 aliphatic rings. The minimum absolute atomic E-state index is 0.0740. The molecule has 2 aliphatic heterocycles. The van der Waals surface area contributed by atoms with Gasteiger partial charge in [-0.25, -0.2) is 5.06 Å². The second-order valence-corrected chi connectivity index (χ2v) is 11.9. The van der Waals surface area contributed by atoms with E-state index in [9.17, 15) is 19.6 Å². The number of hydrogen-bond acceptors (Lipinski definition) is 7. The van der Waals surface area contributed by atoms with Crippen molar-refractivity contribution in [3.05, 3.63) is 23.8 Å². The number of carbonyl (C=O) groups excluding carboxylic acids is 3. The summed E-state index contributed by atoms with van der Waals surface area (Å²) < 4.78 is 10.9. The summed E-state index contributed by atoms with van der Waals surface area (Å²) in [5.41, 5.74) is 0.632. The first kappa shape index (κ1) is 28.2. The third kappa shape index (κ3) is 7.17. The summed E-state index contributed by atoms with van der Waals surface area (Å²) in [6.45, 7) is 9.39. The number of nitrogens with one attached hydrogen (secondary N) is 1. The summed E-state index contributed by atoms with van der Waals surface area (Å²) in [7, 11) is 0. The van der Waals surface area contributed by atoms with Gasteiger partial charge in [0, 0.05) is 32.7 Å². The van der Waals surface area contributed by atoms with Crippen molar-refractivity contribution in [1.82, 2.24) is 20.2 Å². The minimum Gasteiger partial charge on any atom is -0.454 e. The average molecular weight is 531 g/mol. The highest BCUT2D eigenvalue weighted by Crippen LogP contribution is 2.33. The van der Waals surface area contributed by atoms with Crippen LogP contribution in [0.1, 0.15) is 58.4 Å². The van der Waals surface area contributed by atoms with Crippen molar-refractivity contribution in [2.24, 2.45) is 17.3 Å². The van der Waals surface area contributed by atoms with Gasteiger partial charge < -0.3 is 19.7 Å². The summed E-state index contributed by atoms with van der Waals surface area (Å²) in [4.78, 5) is 42.3. The molecule has 0 bridgehead atoms. The van der Waals surface area contributed by atoms with E-state index >= 15 is 0 Å². The predicted molar refractivity (Wildman–Crippen MR) is 140 cm³/mol. The molecule has 0 radical (unpaired) electrons. The number of rotatable bonds is 10. The molecular weight excluding hydrogens is 488 g/mol. The number of carbonyl (C=O) groups is 3. The van der Waals surface area contributed by atoms with E-state index in [2.05, 4.69) is 10.2 Å². The van der Waals surface area contributed by atoms with Crippen LogP contribution >= 0.6 is 0 Å². The van der Waals surface area contributed by atoms with Crippen LogP contribution in [0.15, 0.2) is 18.2 Å². The number of hydroxylamine groups is 2. The van der Waals surface area contributed by atoms with E-state index in [1.807, 2.05) is 43.9 Å². The molecule has 4 rings (SSSR count). The Morgan fingerprint density at radius 1 is 1.13 bits per heavy atom. The Morgan fingerprint density at radius 3 is 2.47 bits per heavy atom. The van der Waals surface area contributed by atoms with Gasteiger partial charge in [-0.05, 0) is 35.4 Å². The van der Waals surface area contributed by atoms with Gasteiger partial charge in [0.25, 0.3) is 0 Å². The second kappa shape index (κ2) is 12.3. The molecule has 1 saturated heterocycles. The standard InChI is InChI=1S/C28H42N4O6/c1-28(2,3)25(29-26(34)22(17-32(36)18-33)14-20-6-4-5-7-20)27(35)31-12-10-30(11-13-31)16-21-8-9-23-24(15-21)38-19-37-23/h8-9,15,18,20,22,25,36H,4-7,10-14,16-17,19H2,1-3H3,(H,29,34)/t22-,25+/m0/s1. The van der Waals surface area contributed by atoms with Gasteiger partial charge in [-0.1, -0.05) is 52.5 Å². The van der Waals surface area contributed by atoms with Crippen molar-refractivity contribution >= 4 is 18.2 Å². The SMILES string of the molecule is CC(C)(C)[C@H](NC(=O)[C@@H](CC1CCCC1)CN(O)C=O)C(=O)N1CCN(Cc2ccc3c(c2)OCO3)CC1. The third-order valence-corrected chi connectivity index (χ3v) is 7.92. The molecule has 210 valence electrons. The fourth-order valence-corrected chi connectivity index (χ4v) is 5.70. The molecule has 10 heteroatoms. The Balaban J connectivity index is 1.35. The molecule has 2 heterocycles. The zero-order chi connectivity index (χ0) is 27.3. The molecule has 0 spiro atoms. The quantitative estimate of drug-likeness (QED) is 0.272. The molecule has 1 aromatic carbocycles. The van der Waals surface area contributed by atoms with Gasteiger partial charge in [-0.2, -0.15) is 0 Å². The lowest BCUT2D eigenvalue weighted by Crippen LogP contribution is -2.59. The molecule has 0 aromatic heterocycles. The van der Waals surface area contributed by atoms with Crippen LogP contribution in [-0.4, -0.2) is 83.9 Å². The third-order valence-electron chi connectivity index (χ3n) is 7.92. The zero-order valence-corrected chi connectivity index (χ0v) is 22.9. The van der Waals surface area contributed by atoms with Gasteiger partial charge in [0.05, 0.1) is 12.5 Å². The van der Waals surface area contributed by atoms with Crippen LogP contribution in [0.4, 0.5) is 0 Å². The number of amides is 3. The average Bonchev–Trinajstić information content (AvgIpc) is 3.58. The Bertz CT molecular complexity index is 982. The molecule has 2 fully saturated rings. The predicted octanol–water partition coefficient (Wildman–Crippen LogP) is 2.63. The molecule has 0 unspecified atom stereocenters. The van der Waals surface area contributed by atoms with Crippen LogP contribution < -0.4 is 14.8 Å². The number of piperazine rings is 1. The van der Waals surface area contributed by atoms with Gasteiger partial charge in [-0.15, -0.1) is 0 Å². The van der Waals surface area contributed by atoms with E-state index in [1.165, 1.54) is 0 Å². The van der Waals surface area contributed by atoms with Crippen molar-refractivity contribution in [2.75, 3.05) is 39.5 Å². The molecule has 1 aromatic rings. The number of ether oxygens (including phenoxy) is 2. The maximum Gasteiger partial charge on any atom is 0.245 e. The smallest absolute Gasteiger partial charge is 0.245 e. The van der Waals surface area contributed by atoms with E-state index < -0.39 is 17.4 Å². The van der Waals surface area contributed by atoms with Crippen LogP contribution in [0.2, 0.25) is 0 Å². The molecule has 3 amide bonds. The van der Waals surface area contributed by atoms with Crippen molar-refractivity contribution in [1.29, 1.82) is 0 Å². The number of fused-ring (bicyclic) bond motifs is 1. The van der Waals surface area contributed by atoms with Gasteiger partial charge in [0.15, 0.2) is 11.5 Å². The molecule has 1 aliphatic carbocycles. The number of benzene rings is 1. The lowest BCUT2D eigenvalue weighted by Gasteiger charge is -2.40. The van der Waals surface area contributed by atoms with E-state index in [0.717, 1.165) is 62.4 Å². The molecule has 38 heavy (non-hydrogen) atoms.